The lowest BCUT2D eigenvalue weighted by Gasteiger charge is -2.10. The lowest BCUT2D eigenvalue weighted by atomic mass is 10.2. The molecule has 1 heterocycles. The molecule has 1 N–H and O–H groups in total. The molecule has 0 bridgehead atoms. The molecule has 1 saturated heterocycles. The summed E-state index contributed by atoms with van der Waals surface area (Å²) in [6.07, 6.45) is 7.49. The van der Waals surface area contributed by atoms with Crippen LogP contribution in [-0.4, -0.2) is 32.7 Å². The van der Waals surface area contributed by atoms with E-state index >= 15 is 0 Å². The van der Waals surface area contributed by atoms with Gasteiger partial charge in [0, 0.05) is 0 Å². The standard InChI is InChI=1S/C17H15NO3S2/c1-12(7-5-6-10-13-8-3-2-4-9-13)15-16(21)18(11-14(19)20)17(22)23-15/h2-10H,11H2,1H3,(H,19,20)/b7-5+,10-6+,15-12-. The minimum Gasteiger partial charge on any atom is -0.480 e. The molecule has 1 aliphatic heterocycles. The predicted molar refractivity (Wildman–Crippen MR) is 96.9 cm³/mol. The van der Waals surface area contributed by atoms with Gasteiger partial charge in [0.2, 0.25) is 0 Å². The zero-order valence-electron chi connectivity index (χ0n) is 12.4. The van der Waals surface area contributed by atoms with Crippen LogP contribution in [0.2, 0.25) is 0 Å². The molecule has 6 heteroatoms. The van der Waals surface area contributed by atoms with Crippen molar-refractivity contribution < 1.29 is 14.7 Å². The van der Waals surface area contributed by atoms with E-state index in [1.54, 1.807) is 6.92 Å². The van der Waals surface area contributed by atoms with Crippen molar-refractivity contribution in [3.63, 3.8) is 0 Å². The van der Waals surface area contributed by atoms with Gasteiger partial charge >= 0.3 is 5.97 Å². The highest BCUT2D eigenvalue weighted by molar-refractivity contribution is 8.26. The maximum absolute atomic E-state index is 12.2. The third-order valence-electron chi connectivity index (χ3n) is 3.05. The van der Waals surface area contributed by atoms with E-state index in [4.69, 9.17) is 17.3 Å². The molecule has 1 aliphatic rings. The monoisotopic (exact) mass is 345 g/mol. The van der Waals surface area contributed by atoms with Crippen molar-refractivity contribution in [3.05, 3.63) is 64.6 Å². The maximum atomic E-state index is 12.2. The Morgan fingerprint density at radius 2 is 2.00 bits per heavy atom. The summed E-state index contributed by atoms with van der Waals surface area (Å²) >= 11 is 6.20. The fraction of sp³-hybridized carbons (Fsp3) is 0.118. The molecule has 0 atom stereocenters. The van der Waals surface area contributed by atoms with Crippen LogP contribution in [0.3, 0.4) is 0 Å². The van der Waals surface area contributed by atoms with Crippen molar-refractivity contribution >= 4 is 46.3 Å². The van der Waals surface area contributed by atoms with Gasteiger partial charge < -0.3 is 5.11 Å². The molecule has 0 spiro atoms. The molecule has 0 aromatic heterocycles. The Balaban J connectivity index is 2.08. The van der Waals surface area contributed by atoms with Gasteiger partial charge in [-0.25, -0.2) is 0 Å². The molecule has 1 fully saturated rings. The molecular formula is C17H15NO3S2. The van der Waals surface area contributed by atoms with E-state index < -0.39 is 12.5 Å². The van der Waals surface area contributed by atoms with E-state index in [0.717, 1.165) is 27.8 Å². The summed E-state index contributed by atoms with van der Waals surface area (Å²) in [5.74, 6) is -1.43. The van der Waals surface area contributed by atoms with E-state index in [9.17, 15) is 9.59 Å². The Kier molecular flexibility index (Phi) is 5.90. The summed E-state index contributed by atoms with van der Waals surface area (Å²) in [6.45, 7) is 1.40. The van der Waals surface area contributed by atoms with Crippen molar-refractivity contribution in [2.24, 2.45) is 0 Å². The summed E-state index contributed by atoms with van der Waals surface area (Å²) < 4.78 is 0.278. The molecule has 4 nitrogen and oxygen atoms in total. The largest absolute Gasteiger partial charge is 0.480 e. The van der Waals surface area contributed by atoms with Gasteiger partial charge in [-0.1, -0.05) is 78.6 Å². The highest BCUT2D eigenvalue weighted by Gasteiger charge is 2.34. The number of thioether (sulfide) groups is 1. The molecule has 0 radical (unpaired) electrons. The normalized spacial score (nSPS) is 17.5. The van der Waals surface area contributed by atoms with Gasteiger partial charge in [0.1, 0.15) is 10.9 Å². The number of nitrogens with zero attached hydrogens (tertiary/aromatic N) is 1. The molecule has 118 valence electrons. The molecule has 1 aromatic rings. The molecule has 0 aliphatic carbocycles. The average Bonchev–Trinajstić information content (AvgIpc) is 2.80. The van der Waals surface area contributed by atoms with E-state index in [1.807, 2.05) is 54.6 Å². The summed E-state index contributed by atoms with van der Waals surface area (Å²) in [5, 5.41) is 8.81. The van der Waals surface area contributed by atoms with Crippen LogP contribution in [0.4, 0.5) is 0 Å². The van der Waals surface area contributed by atoms with Crippen LogP contribution >= 0.6 is 24.0 Å². The number of carboxylic acid groups (broad SMARTS) is 1. The smallest absolute Gasteiger partial charge is 0.323 e. The molecule has 1 aromatic carbocycles. The van der Waals surface area contributed by atoms with Crippen LogP contribution in [-0.2, 0) is 9.59 Å². The molecule has 1 amide bonds. The Morgan fingerprint density at radius 3 is 2.65 bits per heavy atom. The van der Waals surface area contributed by atoms with Gasteiger partial charge in [-0.05, 0) is 18.1 Å². The minimum absolute atomic E-state index is 0.278. The SMILES string of the molecule is CC(/C=C/C=C/c1ccccc1)=C1/SC(=S)N(CC(=O)O)C1=O. The minimum atomic E-state index is -1.08. The number of allylic oxidation sites excluding steroid dienone is 4. The quantitative estimate of drug-likeness (QED) is 0.503. The first-order valence-corrected chi connectivity index (χ1v) is 8.07. The van der Waals surface area contributed by atoms with Crippen molar-refractivity contribution in [2.45, 2.75) is 6.92 Å². The highest BCUT2D eigenvalue weighted by atomic mass is 32.2. The average molecular weight is 345 g/mol. The summed E-state index contributed by atoms with van der Waals surface area (Å²) in [5.41, 5.74) is 1.84. The zero-order chi connectivity index (χ0) is 16.8. The first kappa shape index (κ1) is 17.2. The molecule has 0 saturated carbocycles. The van der Waals surface area contributed by atoms with Crippen LogP contribution in [0, 0.1) is 0 Å². The number of carbonyl (C=O) groups is 2. The van der Waals surface area contributed by atoms with Crippen molar-refractivity contribution in [3.8, 4) is 0 Å². The first-order chi connectivity index (χ1) is 11.0. The number of thiocarbonyl (C=S) groups is 1. The second kappa shape index (κ2) is 7.89. The second-order valence-electron chi connectivity index (χ2n) is 4.79. The van der Waals surface area contributed by atoms with Crippen molar-refractivity contribution in [1.29, 1.82) is 0 Å². The van der Waals surface area contributed by atoms with Gasteiger partial charge in [-0.2, -0.15) is 0 Å². The fourth-order valence-electron chi connectivity index (χ4n) is 1.92. The van der Waals surface area contributed by atoms with Crippen LogP contribution in [0.5, 0.6) is 0 Å². The molecular weight excluding hydrogens is 330 g/mol. The van der Waals surface area contributed by atoms with Gasteiger partial charge in [0.05, 0.1) is 4.91 Å². The molecule has 2 rings (SSSR count). The van der Waals surface area contributed by atoms with E-state index in [-0.39, 0.29) is 10.2 Å². The number of carboxylic acids is 1. The molecule has 23 heavy (non-hydrogen) atoms. The van der Waals surface area contributed by atoms with Crippen molar-refractivity contribution in [2.75, 3.05) is 6.54 Å². The number of rotatable bonds is 5. The lowest BCUT2D eigenvalue weighted by Crippen LogP contribution is -2.33. The number of hydrogen-bond donors (Lipinski definition) is 1. The number of aliphatic carboxylic acids is 1. The lowest BCUT2D eigenvalue weighted by molar-refractivity contribution is -0.140. The maximum Gasteiger partial charge on any atom is 0.323 e. The third kappa shape index (κ3) is 4.64. The van der Waals surface area contributed by atoms with E-state index in [2.05, 4.69) is 0 Å². The van der Waals surface area contributed by atoms with Crippen molar-refractivity contribution in [1.82, 2.24) is 4.90 Å². The first-order valence-electron chi connectivity index (χ1n) is 6.85. The predicted octanol–water partition coefficient (Wildman–Crippen LogP) is 3.47. The van der Waals surface area contributed by atoms with E-state index in [0.29, 0.717) is 4.91 Å². The third-order valence-corrected chi connectivity index (χ3v) is 4.61. The van der Waals surface area contributed by atoms with Crippen LogP contribution in [0.25, 0.3) is 6.08 Å². The number of benzene rings is 1. The highest BCUT2D eigenvalue weighted by Crippen LogP contribution is 2.33. The van der Waals surface area contributed by atoms with Gasteiger partial charge in [0.25, 0.3) is 5.91 Å². The van der Waals surface area contributed by atoms with Gasteiger partial charge in [-0.15, -0.1) is 0 Å². The summed E-state index contributed by atoms with van der Waals surface area (Å²) in [6, 6.07) is 9.86. The number of carbonyl (C=O) groups excluding carboxylic acids is 1. The topological polar surface area (TPSA) is 57.6 Å². The summed E-state index contributed by atoms with van der Waals surface area (Å²) in [7, 11) is 0. The Hall–Kier alpha value is -2.18. The Morgan fingerprint density at radius 1 is 1.30 bits per heavy atom. The van der Waals surface area contributed by atoms with Gasteiger partial charge in [-0.3, -0.25) is 14.5 Å². The fourth-order valence-corrected chi connectivity index (χ4v) is 3.17. The zero-order valence-corrected chi connectivity index (χ0v) is 14.1. The molecule has 0 unspecified atom stereocenters. The number of hydrogen-bond acceptors (Lipinski definition) is 4. The van der Waals surface area contributed by atoms with Crippen LogP contribution in [0.1, 0.15) is 12.5 Å². The van der Waals surface area contributed by atoms with Gasteiger partial charge in [0.15, 0.2) is 0 Å². The second-order valence-corrected chi connectivity index (χ2v) is 6.44. The van der Waals surface area contributed by atoms with Crippen LogP contribution in [0.15, 0.2) is 59.0 Å². The Labute approximate surface area is 144 Å². The van der Waals surface area contributed by atoms with Crippen LogP contribution < -0.4 is 0 Å². The van der Waals surface area contributed by atoms with E-state index in [1.165, 1.54) is 0 Å². The Bertz CT molecular complexity index is 721. The number of amides is 1. The summed E-state index contributed by atoms with van der Waals surface area (Å²) in [4.78, 5) is 24.5.